The maximum Gasteiger partial charge on any atom is 0.335 e. The second kappa shape index (κ2) is 13.4. The van der Waals surface area contributed by atoms with Crippen LogP contribution >= 0.6 is 0 Å². The average Bonchev–Trinajstić information content (AvgIpc) is 3.08. The lowest BCUT2D eigenvalue weighted by Gasteiger charge is -2.23. The van der Waals surface area contributed by atoms with Crippen LogP contribution in [0.25, 0.3) is 16.6 Å². The molecule has 13 heteroatoms. The third-order valence-corrected chi connectivity index (χ3v) is 7.90. The van der Waals surface area contributed by atoms with Crippen molar-refractivity contribution < 1.29 is 32.5 Å². The van der Waals surface area contributed by atoms with E-state index in [-0.39, 0.29) is 35.2 Å². The molecule has 1 amide bonds. The molecule has 1 N–H and O–H groups in total. The van der Waals surface area contributed by atoms with Crippen LogP contribution in [0.3, 0.4) is 0 Å². The number of methoxy groups -OCH3 is 2. The largest absolute Gasteiger partial charge is 0.493 e. The van der Waals surface area contributed by atoms with E-state index in [2.05, 4.69) is 10.3 Å². The number of hydrogen-bond acceptors (Lipinski definition) is 8. The molecule has 0 aliphatic carbocycles. The topological polar surface area (TPSA) is 123 Å². The van der Waals surface area contributed by atoms with E-state index in [1.807, 2.05) is 0 Å². The number of nitrogens with one attached hydrogen (secondary N) is 1. The number of rotatable bonds is 9. The number of carbonyl (C=O) groups excluding carboxylic acids is 1. The molecular formula is C34H30F2N4O7. The Bertz CT molecular complexity index is 2070. The second-order valence-electron chi connectivity index (χ2n) is 10.9. The fourth-order valence-electron chi connectivity index (χ4n) is 5.43. The summed E-state index contributed by atoms with van der Waals surface area (Å²) in [6.07, 6.45) is 4.13. The first-order valence-corrected chi connectivity index (χ1v) is 14.8. The summed E-state index contributed by atoms with van der Waals surface area (Å²) in [5, 5.41) is 3.09. The van der Waals surface area contributed by atoms with Gasteiger partial charge in [-0.2, -0.15) is 0 Å². The van der Waals surface area contributed by atoms with Crippen LogP contribution in [0.1, 0.15) is 23.2 Å². The van der Waals surface area contributed by atoms with Crippen molar-refractivity contribution in [1.29, 1.82) is 0 Å². The Hall–Kier alpha value is -5.56. The van der Waals surface area contributed by atoms with Gasteiger partial charge in [0, 0.05) is 55.4 Å². The number of hydrogen-bond donors (Lipinski definition) is 1. The molecule has 0 saturated carbocycles. The highest BCUT2D eigenvalue weighted by molar-refractivity contribution is 6.04. The van der Waals surface area contributed by atoms with Crippen LogP contribution in [-0.4, -0.2) is 47.5 Å². The van der Waals surface area contributed by atoms with Crippen LogP contribution in [0.2, 0.25) is 0 Å². The van der Waals surface area contributed by atoms with Gasteiger partial charge >= 0.3 is 5.69 Å². The summed E-state index contributed by atoms with van der Waals surface area (Å²) in [5.74, 6) is -1.03. The zero-order valence-electron chi connectivity index (χ0n) is 25.5. The number of ether oxygens (including phenoxy) is 4. The van der Waals surface area contributed by atoms with Crippen molar-refractivity contribution in [1.82, 2.24) is 14.1 Å². The highest BCUT2D eigenvalue weighted by Gasteiger charge is 2.22. The summed E-state index contributed by atoms with van der Waals surface area (Å²) in [5.41, 5.74) is -1.25. The predicted molar refractivity (Wildman–Crippen MR) is 169 cm³/mol. The fraction of sp³-hybridized carbons (Fsp3) is 0.235. The lowest BCUT2D eigenvalue weighted by atomic mass is 10.0. The molecule has 6 rings (SSSR count). The molecule has 1 aliphatic heterocycles. The Morgan fingerprint density at radius 1 is 0.936 bits per heavy atom. The van der Waals surface area contributed by atoms with E-state index in [0.29, 0.717) is 54.2 Å². The molecule has 3 aromatic carbocycles. The number of halogens is 2. The molecule has 3 heterocycles. The number of nitrogens with zero attached hydrogens (tertiary/aromatic N) is 3. The van der Waals surface area contributed by atoms with Crippen molar-refractivity contribution in [3.8, 4) is 28.7 Å². The molecule has 0 radical (unpaired) electrons. The third-order valence-electron chi connectivity index (χ3n) is 7.90. The quantitative estimate of drug-likeness (QED) is 0.229. The molecule has 5 aromatic rings. The first-order valence-electron chi connectivity index (χ1n) is 14.8. The summed E-state index contributed by atoms with van der Waals surface area (Å²) in [7, 11) is 3.00. The Kier molecular flexibility index (Phi) is 8.98. The number of amides is 1. The van der Waals surface area contributed by atoms with Gasteiger partial charge in [0.1, 0.15) is 17.1 Å². The van der Waals surface area contributed by atoms with E-state index in [0.717, 1.165) is 22.8 Å². The van der Waals surface area contributed by atoms with Gasteiger partial charge in [-0.25, -0.2) is 18.1 Å². The molecule has 0 bridgehead atoms. The molecule has 0 spiro atoms. The fourth-order valence-corrected chi connectivity index (χ4v) is 5.43. The van der Waals surface area contributed by atoms with Crippen molar-refractivity contribution >= 4 is 22.5 Å². The predicted octanol–water partition coefficient (Wildman–Crippen LogP) is 5.31. The van der Waals surface area contributed by atoms with Gasteiger partial charge in [-0.1, -0.05) is 0 Å². The van der Waals surface area contributed by atoms with Crippen molar-refractivity contribution in [2.24, 2.45) is 5.92 Å². The summed E-state index contributed by atoms with van der Waals surface area (Å²) in [4.78, 5) is 44.8. The third kappa shape index (κ3) is 6.56. The van der Waals surface area contributed by atoms with Crippen molar-refractivity contribution in [3.05, 3.63) is 111 Å². The number of anilines is 1. The minimum atomic E-state index is -0.903. The number of benzene rings is 3. The Labute approximate surface area is 266 Å². The van der Waals surface area contributed by atoms with Crippen LogP contribution in [-0.2, 0) is 11.3 Å². The molecule has 1 fully saturated rings. The minimum absolute atomic E-state index is 0.0424. The van der Waals surface area contributed by atoms with E-state index < -0.39 is 28.8 Å². The smallest absolute Gasteiger partial charge is 0.335 e. The molecule has 0 atom stereocenters. The minimum Gasteiger partial charge on any atom is -0.493 e. The van der Waals surface area contributed by atoms with E-state index in [9.17, 15) is 18.8 Å². The Balaban J connectivity index is 1.29. The molecule has 0 unspecified atom stereocenters. The molecule has 242 valence electrons. The van der Waals surface area contributed by atoms with Gasteiger partial charge in [0.05, 0.1) is 25.4 Å². The van der Waals surface area contributed by atoms with E-state index in [1.165, 1.54) is 55.4 Å². The molecule has 11 nitrogen and oxygen atoms in total. The van der Waals surface area contributed by atoms with Crippen LogP contribution in [0.15, 0.2) is 82.6 Å². The van der Waals surface area contributed by atoms with E-state index in [1.54, 1.807) is 18.2 Å². The second-order valence-corrected chi connectivity index (χ2v) is 10.9. The number of pyridine rings is 1. The number of fused-ring (bicyclic) bond motifs is 1. The molecular weight excluding hydrogens is 614 g/mol. The van der Waals surface area contributed by atoms with Gasteiger partial charge < -0.3 is 24.3 Å². The number of carbonyl (C=O) groups is 1. The van der Waals surface area contributed by atoms with E-state index in [4.69, 9.17) is 18.9 Å². The first-order chi connectivity index (χ1) is 22.7. The lowest BCUT2D eigenvalue weighted by molar-refractivity contribution is 0.0607. The highest BCUT2D eigenvalue weighted by atomic mass is 19.1. The summed E-state index contributed by atoms with van der Waals surface area (Å²) >= 11 is 0. The zero-order chi connectivity index (χ0) is 33.1. The summed E-state index contributed by atoms with van der Waals surface area (Å²) < 4.78 is 53.1. The van der Waals surface area contributed by atoms with Gasteiger partial charge in [0.15, 0.2) is 23.1 Å². The van der Waals surface area contributed by atoms with Crippen molar-refractivity contribution in [2.45, 2.75) is 19.4 Å². The van der Waals surface area contributed by atoms with Gasteiger partial charge in [-0.05, 0) is 67.3 Å². The lowest BCUT2D eigenvalue weighted by Crippen LogP contribution is -2.43. The highest BCUT2D eigenvalue weighted by Crippen LogP contribution is 2.37. The van der Waals surface area contributed by atoms with Crippen LogP contribution in [0.4, 0.5) is 14.5 Å². The molecule has 1 aliphatic rings. The molecule has 47 heavy (non-hydrogen) atoms. The van der Waals surface area contributed by atoms with Crippen LogP contribution in [0.5, 0.6) is 23.0 Å². The maximum absolute atomic E-state index is 15.3. The van der Waals surface area contributed by atoms with Crippen molar-refractivity contribution in [2.75, 3.05) is 32.8 Å². The first kappa shape index (κ1) is 31.4. The van der Waals surface area contributed by atoms with Crippen LogP contribution < -0.4 is 30.8 Å². The van der Waals surface area contributed by atoms with Gasteiger partial charge in [0.2, 0.25) is 0 Å². The van der Waals surface area contributed by atoms with Gasteiger partial charge in [-0.15, -0.1) is 0 Å². The summed E-state index contributed by atoms with van der Waals surface area (Å²) in [6, 6.07) is 13.5. The van der Waals surface area contributed by atoms with E-state index >= 15 is 4.39 Å². The average molecular weight is 645 g/mol. The number of aromatic nitrogens is 3. The monoisotopic (exact) mass is 644 g/mol. The van der Waals surface area contributed by atoms with Gasteiger partial charge in [0.25, 0.3) is 11.5 Å². The SMILES string of the molecule is COc1cc2nccc(Oc3ccc(NC(=O)c4cn(CC5CCOCC5)c(=O)n(-c5ccc(F)cc5)c4=O)cc3F)c2cc1OC. The molecule has 1 saturated heterocycles. The summed E-state index contributed by atoms with van der Waals surface area (Å²) in [6.45, 7) is 1.32. The maximum atomic E-state index is 15.3. The Morgan fingerprint density at radius 2 is 1.66 bits per heavy atom. The molecule has 2 aromatic heterocycles. The van der Waals surface area contributed by atoms with Crippen molar-refractivity contribution in [3.63, 3.8) is 0 Å². The van der Waals surface area contributed by atoms with Gasteiger partial charge in [-0.3, -0.25) is 19.1 Å². The Morgan fingerprint density at radius 3 is 2.36 bits per heavy atom. The van der Waals surface area contributed by atoms with Crippen LogP contribution in [0, 0.1) is 17.6 Å². The normalized spacial score (nSPS) is 13.4. The standard InChI is InChI=1S/C34H30F2N4O7/c1-44-30-16-24-27(17-31(30)45-2)37-12-9-28(24)47-29-8-5-22(15-26(29)36)38-32(41)25-19-39(18-20-10-13-46-14-11-20)34(43)40(33(25)42)23-6-3-21(35)4-7-23/h3-9,12,15-17,19-20H,10-11,13-14,18H2,1-2H3,(H,38,41). The zero-order valence-corrected chi connectivity index (χ0v) is 25.5.